The van der Waals surface area contributed by atoms with Crippen molar-refractivity contribution in [3.05, 3.63) is 83.3 Å². The van der Waals surface area contributed by atoms with E-state index in [2.05, 4.69) is 6.07 Å². The lowest BCUT2D eigenvalue weighted by molar-refractivity contribution is -0.384. The molecule has 0 unspecified atom stereocenters. The van der Waals surface area contributed by atoms with E-state index in [-0.39, 0.29) is 36.8 Å². The van der Waals surface area contributed by atoms with Crippen molar-refractivity contribution in [3.8, 4) is 11.8 Å². The summed E-state index contributed by atoms with van der Waals surface area (Å²) in [5, 5.41) is 22.0. The summed E-state index contributed by atoms with van der Waals surface area (Å²) < 4.78 is 1.95. The fourth-order valence-electron chi connectivity index (χ4n) is 5.25. The monoisotopic (exact) mass is 543 g/mol. The lowest BCUT2D eigenvalue weighted by Gasteiger charge is -2.28. The summed E-state index contributed by atoms with van der Waals surface area (Å²) in [5.74, 6) is -0.384. The third-order valence-electron chi connectivity index (χ3n) is 7.21. The Balaban J connectivity index is 1.70. The molecule has 39 heavy (non-hydrogen) atoms. The van der Waals surface area contributed by atoms with E-state index in [9.17, 15) is 25.0 Å². The van der Waals surface area contributed by atoms with Crippen LogP contribution >= 0.6 is 11.3 Å². The second kappa shape index (κ2) is 11.3. The van der Waals surface area contributed by atoms with E-state index in [4.69, 9.17) is 0 Å². The number of nitrogens with zero attached hydrogens (tertiary/aromatic N) is 5. The maximum absolute atomic E-state index is 13.8. The molecule has 2 fully saturated rings. The Bertz CT molecular complexity index is 1650. The molecule has 200 valence electrons. The van der Waals surface area contributed by atoms with Gasteiger partial charge in [0, 0.05) is 32.2 Å². The van der Waals surface area contributed by atoms with Crippen LogP contribution in [0.1, 0.15) is 43.2 Å². The number of aromatic nitrogens is 1. The minimum atomic E-state index is -0.386. The van der Waals surface area contributed by atoms with Gasteiger partial charge in [0.05, 0.1) is 15.1 Å². The molecule has 1 amide bonds. The topological polar surface area (TPSA) is 112 Å². The third-order valence-corrected chi connectivity index (χ3v) is 8.30. The molecule has 0 bridgehead atoms. The lowest BCUT2D eigenvalue weighted by atomic mass is 10.1. The summed E-state index contributed by atoms with van der Waals surface area (Å²) in [6.45, 7) is 4.61. The van der Waals surface area contributed by atoms with Crippen LogP contribution in [0.25, 0.3) is 17.3 Å². The van der Waals surface area contributed by atoms with Crippen LogP contribution in [-0.2, 0) is 4.79 Å². The van der Waals surface area contributed by atoms with E-state index in [0.29, 0.717) is 30.0 Å². The zero-order valence-electron chi connectivity index (χ0n) is 21.8. The lowest BCUT2D eigenvalue weighted by Crippen LogP contribution is -2.35. The van der Waals surface area contributed by atoms with Crippen molar-refractivity contribution in [2.24, 2.45) is 0 Å². The Kier molecular flexibility index (Phi) is 7.61. The molecule has 0 spiro atoms. The fraction of sp³-hybridized carbons (Fsp3) is 0.345. The number of aryl methyl sites for hydroxylation is 1. The first-order valence-electron chi connectivity index (χ1n) is 13.1. The Labute approximate surface area is 229 Å². The van der Waals surface area contributed by atoms with Crippen LogP contribution in [0.4, 0.5) is 11.4 Å². The number of amides is 1. The molecule has 2 aromatic carbocycles. The van der Waals surface area contributed by atoms with Crippen LogP contribution in [0.15, 0.2) is 47.3 Å². The van der Waals surface area contributed by atoms with Crippen LogP contribution in [0, 0.1) is 28.4 Å². The van der Waals surface area contributed by atoms with Crippen molar-refractivity contribution in [2.45, 2.75) is 39.0 Å². The number of thiazole rings is 1. The van der Waals surface area contributed by atoms with Gasteiger partial charge in [-0.15, -0.1) is 11.3 Å². The maximum Gasteiger partial charge on any atom is 0.293 e. The highest BCUT2D eigenvalue weighted by Gasteiger charge is 2.25. The molecule has 2 saturated heterocycles. The Morgan fingerprint density at radius 2 is 1.77 bits per heavy atom. The maximum atomic E-state index is 13.8. The van der Waals surface area contributed by atoms with Gasteiger partial charge in [-0.05, 0) is 74.4 Å². The zero-order chi connectivity index (χ0) is 27.5. The number of nitro benzene ring substituents is 1. The molecule has 0 radical (unpaired) electrons. The van der Waals surface area contributed by atoms with Crippen LogP contribution in [0.5, 0.6) is 0 Å². The predicted octanol–water partition coefficient (Wildman–Crippen LogP) is 3.23. The zero-order valence-corrected chi connectivity index (χ0v) is 22.6. The first kappa shape index (κ1) is 26.4. The molecule has 0 saturated carbocycles. The first-order chi connectivity index (χ1) is 18.9. The fourth-order valence-corrected chi connectivity index (χ4v) is 6.34. The highest BCUT2D eigenvalue weighted by atomic mass is 32.1. The molecule has 3 heterocycles. The van der Waals surface area contributed by atoms with Crippen molar-refractivity contribution in [1.29, 1.82) is 5.26 Å². The molecule has 0 aliphatic carbocycles. The normalized spacial score (nSPS) is 16.8. The van der Waals surface area contributed by atoms with E-state index in [1.807, 2.05) is 30.0 Å². The van der Waals surface area contributed by atoms with Crippen LogP contribution in [0.2, 0.25) is 0 Å². The van der Waals surface area contributed by atoms with E-state index < -0.39 is 0 Å². The third kappa shape index (κ3) is 5.36. The number of nitriles is 1. The Hall–Kier alpha value is -4.23. The van der Waals surface area contributed by atoms with E-state index in [0.717, 1.165) is 62.1 Å². The van der Waals surface area contributed by atoms with Gasteiger partial charge in [0.1, 0.15) is 16.4 Å². The summed E-state index contributed by atoms with van der Waals surface area (Å²) in [6, 6.07) is 14.4. The summed E-state index contributed by atoms with van der Waals surface area (Å²) in [7, 11) is 0. The van der Waals surface area contributed by atoms with E-state index in [1.54, 1.807) is 29.2 Å². The van der Waals surface area contributed by atoms with Gasteiger partial charge in [-0.2, -0.15) is 5.26 Å². The molecule has 3 aromatic rings. The highest BCUT2D eigenvalue weighted by molar-refractivity contribution is 7.07. The molecular weight excluding hydrogens is 514 g/mol. The van der Waals surface area contributed by atoms with Crippen LogP contribution in [0.3, 0.4) is 0 Å². The number of likely N-dealkylation sites (tertiary alicyclic amines) is 1. The number of nitro groups is 1. The standard InChI is InChI=1S/C29H29N5O4S/c1-20-8-7-9-22(16-20)33-28(36)26(39-29(33)23(19-30)27(35)32-14-5-6-15-32)18-21-10-11-24(25(17-21)34(37)38)31-12-3-2-4-13-31/h7-11,16-18H,2-6,12-15H2,1H3. The summed E-state index contributed by atoms with van der Waals surface area (Å²) in [4.78, 5) is 42.3. The van der Waals surface area contributed by atoms with Crippen molar-refractivity contribution in [2.75, 3.05) is 31.1 Å². The average Bonchev–Trinajstić information content (AvgIpc) is 3.58. The molecule has 9 nitrogen and oxygen atoms in total. The molecule has 2 aliphatic rings. The van der Waals surface area contributed by atoms with Crippen molar-refractivity contribution < 1.29 is 9.72 Å². The van der Waals surface area contributed by atoms with Crippen molar-refractivity contribution in [1.82, 2.24) is 9.47 Å². The molecule has 5 rings (SSSR count). The van der Waals surface area contributed by atoms with Gasteiger partial charge >= 0.3 is 0 Å². The minimum Gasteiger partial charge on any atom is -0.366 e. The quantitative estimate of drug-likeness (QED) is 0.361. The number of anilines is 1. The second-order valence-corrected chi connectivity index (χ2v) is 11.0. The van der Waals surface area contributed by atoms with Crippen molar-refractivity contribution in [3.63, 3.8) is 0 Å². The summed E-state index contributed by atoms with van der Waals surface area (Å²) in [6.07, 6.45) is 6.47. The summed E-state index contributed by atoms with van der Waals surface area (Å²) >= 11 is 1.06. The van der Waals surface area contributed by atoms with Crippen LogP contribution < -0.4 is 19.7 Å². The van der Waals surface area contributed by atoms with E-state index >= 15 is 0 Å². The molecule has 0 N–H and O–H groups in total. The van der Waals surface area contributed by atoms with Gasteiger partial charge < -0.3 is 9.80 Å². The molecule has 2 aliphatic heterocycles. The number of benzene rings is 2. The van der Waals surface area contributed by atoms with Gasteiger partial charge in [0.2, 0.25) is 0 Å². The first-order valence-corrected chi connectivity index (χ1v) is 14.0. The number of carbonyl (C=O) groups excluding carboxylic acids is 1. The smallest absolute Gasteiger partial charge is 0.293 e. The van der Waals surface area contributed by atoms with Crippen molar-refractivity contribution >= 4 is 40.3 Å². The van der Waals surface area contributed by atoms with Gasteiger partial charge in [-0.1, -0.05) is 18.2 Å². The van der Waals surface area contributed by atoms with E-state index in [1.165, 1.54) is 10.6 Å². The Morgan fingerprint density at radius 3 is 2.44 bits per heavy atom. The SMILES string of the molecule is Cc1cccc(-n2c(=C(C#N)C(=O)N3CCCC3)sc(=Cc3ccc(N4CCCCC4)c([N+](=O)[O-])c3)c2=O)c1. The highest BCUT2D eigenvalue weighted by Crippen LogP contribution is 2.31. The van der Waals surface area contributed by atoms with Gasteiger partial charge in [0.25, 0.3) is 17.2 Å². The summed E-state index contributed by atoms with van der Waals surface area (Å²) in [5.41, 5.74) is 2.10. The van der Waals surface area contributed by atoms with Gasteiger partial charge in [-0.25, -0.2) is 0 Å². The average molecular weight is 544 g/mol. The molecular formula is C29H29N5O4S. The largest absolute Gasteiger partial charge is 0.366 e. The minimum absolute atomic E-state index is 0.00470. The molecule has 10 heteroatoms. The number of carbonyl (C=O) groups is 1. The second-order valence-electron chi connectivity index (χ2n) is 9.93. The number of hydrogen-bond donors (Lipinski definition) is 0. The number of rotatable bonds is 5. The van der Waals surface area contributed by atoms with Crippen LogP contribution in [-0.4, -0.2) is 46.5 Å². The van der Waals surface area contributed by atoms with Gasteiger partial charge in [0.15, 0.2) is 5.57 Å². The molecule has 0 atom stereocenters. The number of hydrogen-bond acceptors (Lipinski definition) is 7. The predicted molar refractivity (Wildman–Crippen MR) is 151 cm³/mol. The van der Waals surface area contributed by atoms with Gasteiger partial charge in [-0.3, -0.25) is 24.3 Å². The Morgan fingerprint density at radius 1 is 1.05 bits per heavy atom. The molecule has 1 aromatic heterocycles. The number of piperidine rings is 1.